The largest absolute Gasteiger partial charge is 0.455 e. The monoisotopic (exact) mass is 303 g/mol. The molecule has 1 aromatic rings. The van der Waals surface area contributed by atoms with Crippen molar-refractivity contribution < 1.29 is 14.3 Å². The Kier molecular flexibility index (Phi) is 4.89. The lowest BCUT2D eigenvalue weighted by Gasteiger charge is -2.27. The second-order valence-electron chi connectivity index (χ2n) is 7.03. The van der Waals surface area contributed by atoms with Crippen molar-refractivity contribution in [2.24, 2.45) is 0 Å². The zero-order chi connectivity index (χ0) is 16.2. The van der Waals surface area contributed by atoms with Crippen molar-refractivity contribution in [3.63, 3.8) is 0 Å². The maximum atomic E-state index is 12.6. The number of carbonyl (C=O) groups is 2. The number of hydrogen-bond acceptors (Lipinski definition) is 3. The van der Waals surface area contributed by atoms with Crippen LogP contribution in [-0.4, -0.2) is 24.0 Å². The Hall–Kier alpha value is -1.84. The first-order valence-electron chi connectivity index (χ1n) is 7.87. The molecule has 0 unspecified atom stereocenters. The van der Waals surface area contributed by atoms with Crippen molar-refractivity contribution >= 4 is 11.9 Å². The molecule has 1 aliphatic rings. The Labute approximate surface area is 132 Å². The van der Waals surface area contributed by atoms with E-state index in [1.54, 1.807) is 0 Å². The summed E-state index contributed by atoms with van der Waals surface area (Å²) in [6, 6.07) is 9.77. The van der Waals surface area contributed by atoms with Crippen LogP contribution in [0, 0.1) is 0 Å². The molecule has 1 fully saturated rings. The van der Waals surface area contributed by atoms with E-state index in [1.165, 1.54) is 0 Å². The average Bonchev–Trinajstić information content (AvgIpc) is 2.95. The van der Waals surface area contributed by atoms with Crippen molar-refractivity contribution in [1.82, 2.24) is 5.32 Å². The average molecular weight is 303 g/mol. The highest BCUT2D eigenvalue weighted by atomic mass is 16.5. The van der Waals surface area contributed by atoms with Crippen molar-refractivity contribution in [2.75, 3.05) is 6.61 Å². The van der Waals surface area contributed by atoms with Gasteiger partial charge in [-0.05, 0) is 39.2 Å². The number of rotatable bonds is 4. The molecule has 0 saturated heterocycles. The molecule has 4 nitrogen and oxygen atoms in total. The Morgan fingerprint density at radius 2 is 1.73 bits per heavy atom. The van der Waals surface area contributed by atoms with Crippen LogP contribution in [0.2, 0.25) is 0 Å². The summed E-state index contributed by atoms with van der Waals surface area (Å²) in [4.78, 5) is 24.5. The van der Waals surface area contributed by atoms with E-state index in [-0.39, 0.29) is 24.0 Å². The van der Waals surface area contributed by atoms with Crippen LogP contribution in [0.25, 0.3) is 0 Å². The molecule has 4 heteroatoms. The molecule has 0 atom stereocenters. The zero-order valence-electron chi connectivity index (χ0n) is 13.6. The summed E-state index contributed by atoms with van der Waals surface area (Å²) in [5.41, 5.74) is 0.0887. The summed E-state index contributed by atoms with van der Waals surface area (Å²) in [6.07, 6.45) is 3.60. The maximum Gasteiger partial charge on any atom is 0.317 e. The minimum Gasteiger partial charge on any atom is -0.455 e. The summed E-state index contributed by atoms with van der Waals surface area (Å²) < 4.78 is 5.34. The van der Waals surface area contributed by atoms with Crippen molar-refractivity contribution in [3.8, 4) is 0 Å². The summed E-state index contributed by atoms with van der Waals surface area (Å²) in [5, 5.41) is 2.80. The number of ether oxygens (including phenoxy) is 1. The van der Waals surface area contributed by atoms with Gasteiger partial charge in [0, 0.05) is 5.54 Å². The second kappa shape index (κ2) is 6.51. The Bertz CT molecular complexity index is 525. The molecule has 0 bridgehead atoms. The highest BCUT2D eigenvalue weighted by Crippen LogP contribution is 2.42. The van der Waals surface area contributed by atoms with E-state index in [0.717, 1.165) is 31.2 Å². The lowest BCUT2D eigenvalue weighted by molar-refractivity contribution is -0.154. The molecule has 1 amide bonds. The number of amides is 1. The molecule has 22 heavy (non-hydrogen) atoms. The molecular formula is C18H25NO3. The Balaban J connectivity index is 2.04. The molecule has 1 N–H and O–H groups in total. The fraction of sp³-hybridized carbons (Fsp3) is 0.556. The summed E-state index contributed by atoms with van der Waals surface area (Å²) >= 11 is 0. The number of esters is 1. The predicted octanol–water partition coefficient (Wildman–Crippen LogP) is 2.96. The van der Waals surface area contributed by atoms with Gasteiger partial charge in [0.15, 0.2) is 6.61 Å². The molecule has 1 saturated carbocycles. The smallest absolute Gasteiger partial charge is 0.317 e. The molecule has 0 spiro atoms. The molecule has 0 heterocycles. The van der Waals surface area contributed by atoms with Gasteiger partial charge >= 0.3 is 5.97 Å². The van der Waals surface area contributed by atoms with Gasteiger partial charge in [0.2, 0.25) is 0 Å². The summed E-state index contributed by atoms with van der Waals surface area (Å²) in [6.45, 7) is 5.48. The lowest BCUT2D eigenvalue weighted by Crippen LogP contribution is -2.44. The van der Waals surface area contributed by atoms with Crippen LogP contribution in [-0.2, 0) is 19.7 Å². The van der Waals surface area contributed by atoms with E-state index in [1.807, 2.05) is 51.1 Å². The molecule has 0 radical (unpaired) electrons. The molecule has 1 aliphatic carbocycles. The van der Waals surface area contributed by atoms with Crippen molar-refractivity contribution in [3.05, 3.63) is 35.9 Å². The van der Waals surface area contributed by atoms with Crippen LogP contribution in [0.4, 0.5) is 0 Å². The van der Waals surface area contributed by atoms with Crippen molar-refractivity contribution in [1.29, 1.82) is 0 Å². The summed E-state index contributed by atoms with van der Waals surface area (Å²) in [5.74, 6) is -0.540. The van der Waals surface area contributed by atoms with E-state index in [2.05, 4.69) is 5.32 Å². The summed E-state index contributed by atoms with van der Waals surface area (Å²) in [7, 11) is 0. The first-order valence-corrected chi connectivity index (χ1v) is 7.87. The third kappa shape index (κ3) is 3.87. The Morgan fingerprint density at radius 3 is 2.27 bits per heavy atom. The van der Waals surface area contributed by atoms with Gasteiger partial charge in [-0.3, -0.25) is 9.59 Å². The van der Waals surface area contributed by atoms with E-state index in [9.17, 15) is 9.59 Å². The fourth-order valence-corrected chi connectivity index (χ4v) is 3.07. The highest BCUT2D eigenvalue weighted by Gasteiger charge is 2.44. The third-order valence-corrected chi connectivity index (χ3v) is 4.02. The Morgan fingerprint density at radius 1 is 1.14 bits per heavy atom. The maximum absolute atomic E-state index is 12.6. The molecule has 0 aromatic heterocycles. The van der Waals surface area contributed by atoms with E-state index >= 15 is 0 Å². The number of nitrogens with one attached hydrogen (secondary N) is 1. The van der Waals surface area contributed by atoms with Crippen molar-refractivity contribution in [2.45, 2.75) is 57.4 Å². The molecule has 120 valence electrons. The molecule has 0 aliphatic heterocycles. The zero-order valence-corrected chi connectivity index (χ0v) is 13.6. The quantitative estimate of drug-likeness (QED) is 0.870. The van der Waals surface area contributed by atoms with Crippen LogP contribution in [0.3, 0.4) is 0 Å². The third-order valence-electron chi connectivity index (χ3n) is 4.02. The minimum atomic E-state index is -0.580. The van der Waals surface area contributed by atoms with Gasteiger partial charge in [-0.2, -0.15) is 0 Å². The predicted molar refractivity (Wildman–Crippen MR) is 85.4 cm³/mol. The van der Waals surface area contributed by atoms with Gasteiger partial charge in [-0.15, -0.1) is 0 Å². The van der Waals surface area contributed by atoms with Crippen LogP contribution in [0.1, 0.15) is 52.0 Å². The minimum absolute atomic E-state index is 0.218. The van der Waals surface area contributed by atoms with Gasteiger partial charge < -0.3 is 10.1 Å². The SMILES string of the molecule is CC(C)(C)NC(=O)COC(=O)C1(c2ccccc2)CCCC1. The highest BCUT2D eigenvalue weighted by molar-refractivity contribution is 5.86. The first-order chi connectivity index (χ1) is 10.3. The van der Waals surface area contributed by atoms with Gasteiger partial charge in [0.1, 0.15) is 0 Å². The van der Waals surface area contributed by atoms with E-state index < -0.39 is 5.41 Å². The van der Waals surface area contributed by atoms with Gasteiger partial charge in [0.05, 0.1) is 5.41 Å². The number of hydrogen-bond donors (Lipinski definition) is 1. The van der Waals surface area contributed by atoms with Crippen LogP contribution in [0.5, 0.6) is 0 Å². The topological polar surface area (TPSA) is 55.4 Å². The van der Waals surface area contributed by atoms with Gasteiger partial charge in [-0.25, -0.2) is 0 Å². The normalized spacial score (nSPS) is 17.0. The molecular weight excluding hydrogens is 278 g/mol. The van der Waals surface area contributed by atoms with Crippen LogP contribution in [0.15, 0.2) is 30.3 Å². The van der Waals surface area contributed by atoms with Crippen LogP contribution < -0.4 is 5.32 Å². The fourth-order valence-electron chi connectivity index (χ4n) is 3.07. The standard InChI is InChI=1S/C18H25NO3/c1-17(2,3)19-15(20)13-22-16(21)18(11-7-8-12-18)14-9-5-4-6-10-14/h4-6,9-10H,7-8,11-13H2,1-3H3,(H,19,20). The van der Waals surface area contributed by atoms with E-state index in [0.29, 0.717) is 0 Å². The molecule has 1 aromatic carbocycles. The van der Waals surface area contributed by atoms with Crippen LogP contribution >= 0.6 is 0 Å². The second-order valence-corrected chi connectivity index (χ2v) is 7.03. The van der Waals surface area contributed by atoms with Gasteiger partial charge in [-0.1, -0.05) is 43.2 Å². The van der Waals surface area contributed by atoms with Gasteiger partial charge in [0.25, 0.3) is 5.91 Å². The van der Waals surface area contributed by atoms with E-state index in [4.69, 9.17) is 4.74 Å². The number of carbonyl (C=O) groups excluding carboxylic acids is 2. The number of benzene rings is 1. The lowest BCUT2D eigenvalue weighted by atomic mass is 9.79. The first kappa shape index (κ1) is 16.5. The molecule has 2 rings (SSSR count).